The van der Waals surface area contributed by atoms with Crippen molar-refractivity contribution in [3.63, 3.8) is 0 Å². The molecule has 72 valence electrons. The van der Waals surface area contributed by atoms with E-state index in [2.05, 4.69) is 14.4 Å². The maximum atomic E-state index is 10.3. The molecule has 10 heteroatoms. The maximum Gasteiger partial charge on any atom is 0.381 e. The summed E-state index contributed by atoms with van der Waals surface area (Å²) >= 11 is 0. The van der Waals surface area contributed by atoms with E-state index in [4.69, 9.17) is 0 Å². The van der Waals surface area contributed by atoms with Gasteiger partial charge in [0.2, 0.25) is 0 Å². The summed E-state index contributed by atoms with van der Waals surface area (Å²) in [5.41, 5.74) is 0. The second-order valence-corrected chi connectivity index (χ2v) is 3.08. The number of aromatic amines is 1. The van der Waals surface area contributed by atoms with Gasteiger partial charge >= 0.3 is 16.1 Å². The average Bonchev–Trinajstić information content (AvgIpc) is 2.31. The highest BCUT2D eigenvalue weighted by atomic mass is 32.2. The Bertz CT molecular complexity index is 421. The van der Waals surface area contributed by atoms with Crippen LogP contribution >= 0.6 is 0 Å². The standard InChI is InChI=1S/C3H4N4O5S/c4-13(10,11)12-3-1-2(5-6-3)7(8)9/h1H,(H,5,6)(H2,4,10,11). The second kappa shape index (κ2) is 2.99. The molecule has 0 aliphatic carbocycles. The number of H-pyrrole nitrogens is 1. The Kier molecular flexibility index (Phi) is 2.16. The molecule has 1 heterocycles. The number of rotatable bonds is 3. The number of aromatic nitrogens is 2. The van der Waals surface area contributed by atoms with Gasteiger partial charge in [-0.1, -0.05) is 0 Å². The molecule has 0 atom stereocenters. The van der Waals surface area contributed by atoms with Gasteiger partial charge in [0.25, 0.3) is 5.88 Å². The minimum absolute atomic E-state index is 0.478. The summed E-state index contributed by atoms with van der Waals surface area (Å²) in [5, 5.41) is 19.7. The summed E-state index contributed by atoms with van der Waals surface area (Å²) in [6.07, 6.45) is 0. The lowest BCUT2D eigenvalue weighted by Crippen LogP contribution is -2.19. The van der Waals surface area contributed by atoms with E-state index in [0.29, 0.717) is 0 Å². The zero-order chi connectivity index (χ0) is 10.1. The van der Waals surface area contributed by atoms with Crippen LogP contribution in [0.25, 0.3) is 0 Å². The van der Waals surface area contributed by atoms with Crippen molar-refractivity contribution in [3.05, 3.63) is 16.2 Å². The van der Waals surface area contributed by atoms with Crippen molar-refractivity contribution in [2.24, 2.45) is 5.14 Å². The minimum atomic E-state index is -4.19. The molecule has 0 spiro atoms. The third-order valence-electron chi connectivity index (χ3n) is 0.939. The van der Waals surface area contributed by atoms with Crippen LogP contribution < -0.4 is 9.32 Å². The van der Waals surface area contributed by atoms with E-state index >= 15 is 0 Å². The average molecular weight is 208 g/mol. The summed E-state index contributed by atoms with van der Waals surface area (Å²) in [5.74, 6) is -0.965. The smallest absolute Gasteiger partial charge is 0.358 e. The molecule has 1 aromatic heterocycles. The summed E-state index contributed by atoms with van der Waals surface area (Å²) < 4.78 is 24.7. The highest BCUT2D eigenvalue weighted by Crippen LogP contribution is 2.14. The largest absolute Gasteiger partial charge is 0.381 e. The Hall–Kier alpha value is -1.68. The fourth-order valence-corrected chi connectivity index (χ4v) is 0.872. The molecule has 0 saturated heterocycles. The zero-order valence-corrected chi connectivity index (χ0v) is 6.82. The van der Waals surface area contributed by atoms with Crippen LogP contribution in [-0.4, -0.2) is 23.5 Å². The molecule has 3 N–H and O–H groups in total. The third kappa shape index (κ3) is 2.68. The van der Waals surface area contributed by atoms with Gasteiger partial charge in [0.05, 0.1) is 0 Å². The molecule has 0 aliphatic heterocycles. The molecule has 1 rings (SSSR count). The Labute approximate surface area is 71.9 Å². The number of nitrogens with one attached hydrogen (secondary N) is 1. The normalized spacial score (nSPS) is 11.2. The number of hydrogen-bond acceptors (Lipinski definition) is 6. The van der Waals surface area contributed by atoms with Crippen LogP contribution in [0.2, 0.25) is 0 Å². The Morgan fingerprint density at radius 3 is 2.69 bits per heavy atom. The first-order valence-corrected chi connectivity index (χ1v) is 4.27. The van der Waals surface area contributed by atoms with Gasteiger partial charge in [-0.3, -0.25) is 0 Å². The van der Waals surface area contributed by atoms with Crippen LogP contribution in [0.5, 0.6) is 5.88 Å². The first kappa shape index (κ1) is 9.41. The number of nitrogens with two attached hydrogens (primary N) is 1. The quantitative estimate of drug-likeness (QED) is 0.477. The topological polar surface area (TPSA) is 141 Å². The van der Waals surface area contributed by atoms with Gasteiger partial charge in [0, 0.05) is 0 Å². The van der Waals surface area contributed by atoms with Crippen molar-refractivity contribution < 1.29 is 17.5 Å². The monoisotopic (exact) mass is 208 g/mol. The fraction of sp³-hybridized carbons (Fsp3) is 0. The molecule has 0 amide bonds. The summed E-state index contributed by atoms with van der Waals surface area (Å²) in [6.45, 7) is 0. The fourth-order valence-electron chi connectivity index (χ4n) is 0.549. The van der Waals surface area contributed by atoms with Crippen molar-refractivity contribution in [2.45, 2.75) is 0 Å². The van der Waals surface area contributed by atoms with Crippen molar-refractivity contribution in [2.75, 3.05) is 0 Å². The van der Waals surface area contributed by atoms with E-state index in [0.717, 1.165) is 6.07 Å². The van der Waals surface area contributed by atoms with Gasteiger partial charge < -0.3 is 14.3 Å². The van der Waals surface area contributed by atoms with Crippen LogP contribution in [0.1, 0.15) is 0 Å². The molecule has 0 unspecified atom stereocenters. The first-order chi connectivity index (χ1) is 5.88. The molecule has 9 nitrogen and oxygen atoms in total. The van der Waals surface area contributed by atoms with Gasteiger partial charge in [-0.15, -0.1) is 5.10 Å². The second-order valence-electron chi connectivity index (χ2n) is 1.92. The molecule has 13 heavy (non-hydrogen) atoms. The molecular weight excluding hydrogens is 204 g/mol. The van der Waals surface area contributed by atoms with Gasteiger partial charge in [-0.2, -0.15) is 13.6 Å². The van der Waals surface area contributed by atoms with Gasteiger partial charge in [-0.05, 0) is 10.0 Å². The molecular formula is C3H4N4O5S. The molecule has 0 fully saturated rings. The zero-order valence-electron chi connectivity index (χ0n) is 6.00. The summed E-state index contributed by atoms with van der Waals surface area (Å²) in [7, 11) is -4.19. The molecule has 1 aromatic rings. The van der Waals surface area contributed by atoms with Crippen LogP contribution in [-0.2, 0) is 10.3 Å². The van der Waals surface area contributed by atoms with E-state index in [1.807, 2.05) is 5.10 Å². The van der Waals surface area contributed by atoms with Crippen molar-refractivity contribution >= 4 is 16.1 Å². The minimum Gasteiger partial charge on any atom is -0.358 e. The molecule has 0 aliphatic rings. The highest BCUT2D eigenvalue weighted by Gasteiger charge is 2.14. The van der Waals surface area contributed by atoms with Crippen LogP contribution in [0.3, 0.4) is 0 Å². The maximum absolute atomic E-state index is 10.3. The Morgan fingerprint density at radius 1 is 1.69 bits per heavy atom. The molecule has 0 aromatic carbocycles. The predicted molar refractivity (Wildman–Crippen MR) is 39.0 cm³/mol. The predicted octanol–water partition coefficient (Wildman–Crippen LogP) is -1.10. The van der Waals surface area contributed by atoms with E-state index in [1.165, 1.54) is 0 Å². The number of nitrogens with zero attached hydrogens (tertiary/aromatic N) is 2. The molecule has 0 bridgehead atoms. The third-order valence-corrected chi connectivity index (χ3v) is 1.34. The lowest BCUT2D eigenvalue weighted by Gasteiger charge is -1.92. The summed E-state index contributed by atoms with van der Waals surface area (Å²) in [4.78, 5) is 9.29. The Balaban J connectivity index is 2.87. The van der Waals surface area contributed by atoms with Gasteiger partial charge in [-0.25, -0.2) is 0 Å². The van der Waals surface area contributed by atoms with E-state index in [9.17, 15) is 18.5 Å². The van der Waals surface area contributed by atoms with Crippen LogP contribution in [0.15, 0.2) is 6.07 Å². The van der Waals surface area contributed by atoms with E-state index < -0.39 is 26.9 Å². The lowest BCUT2D eigenvalue weighted by atomic mass is 10.6. The Morgan fingerprint density at radius 2 is 2.31 bits per heavy atom. The SMILES string of the molecule is NS(=O)(=O)Oc1cc([N+](=O)[O-])[nH]n1. The highest BCUT2D eigenvalue weighted by molar-refractivity contribution is 7.84. The van der Waals surface area contributed by atoms with Crippen molar-refractivity contribution in [3.8, 4) is 5.88 Å². The first-order valence-electron chi connectivity index (χ1n) is 2.80. The lowest BCUT2D eigenvalue weighted by molar-refractivity contribution is -0.389. The number of hydrogen-bond donors (Lipinski definition) is 2. The summed E-state index contributed by atoms with van der Waals surface area (Å²) in [6, 6.07) is 0.796. The van der Waals surface area contributed by atoms with E-state index in [-0.39, 0.29) is 0 Å². The van der Waals surface area contributed by atoms with E-state index in [1.54, 1.807) is 0 Å². The molecule has 0 radical (unpaired) electrons. The van der Waals surface area contributed by atoms with Crippen molar-refractivity contribution in [1.29, 1.82) is 0 Å². The van der Waals surface area contributed by atoms with Crippen molar-refractivity contribution in [1.82, 2.24) is 10.2 Å². The number of nitro groups is 1. The van der Waals surface area contributed by atoms with Crippen LogP contribution in [0.4, 0.5) is 5.82 Å². The van der Waals surface area contributed by atoms with Gasteiger partial charge in [0.1, 0.15) is 6.07 Å². The van der Waals surface area contributed by atoms with Crippen LogP contribution in [0, 0.1) is 10.1 Å². The van der Waals surface area contributed by atoms with Gasteiger partial charge in [0.15, 0.2) is 0 Å². The molecule has 0 saturated carbocycles.